The minimum Gasteiger partial charge on any atom is -0.497 e. The van der Waals surface area contributed by atoms with E-state index in [2.05, 4.69) is 40.2 Å². The summed E-state index contributed by atoms with van der Waals surface area (Å²) in [6.07, 6.45) is 2.54. The van der Waals surface area contributed by atoms with Crippen molar-refractivity contribution < 1.29 is 4.74 Å². The van der Waals surface area contributed by atoms with E-state index < -0.39 is 0 Å². The Hall–Kier alpha value is -2.93. The molecule has 25 heavy (non-hydrogen) atoms. The maximum absolute atomic E-state index is 9.86. The molecule has 0 aliphatic heterocycles. The van der Waals surface area contributed by atoms with Crippen molar-refractivity contribution in [3.8, 4) is 23.1 Å². The molecular weight excluding hydrogens is 310 g/mol. The molecule has 126 valence electrons. The van der Waals surface area contributed by atoms with E-state index >= 15 is 0 Å². The smallest absolute Gasteiger partial charge is 0.120 e. The predicted molar refractivity (Wildman–Crippen MR) is 101 cm³/mol. The Labute approximate surface area is 147 Å². The molecule has 0 unspecified atom stereocenters. The molecule has 1 aromatic heterocycles. The summed E-state index contributed by atoms with van der Waals surface area (Å²) in [5.74, 6) is 1.53. The van der Waals surface area contributed by atoms with Crippen LogP contribution in [0.5, 0.6) is 5.75 Å². The summed E-state index contributed by atoms with van der Waals surface area (Å²) in [6, 6.07) is 16.7. The van der Waals surface area contributed by atoms with Crippen LogP contribution in [-0.4, -0.2) is 18.7 Å². The molecule has 3 aromatic rings. The summed E-state index contributed by atoms with van der Waals surface area (Å²) in [5, 5.41) is 14.0. The monoisotopic (exact) mass is 331 g/mol. The van der Waals surface area contributed by atoms with Gasteiger partial charge in [0.25, 0.3) is 0 Å². The third-order valence-corrected chi connectivity index (χ3v) is 4.97. The molecule has 0 atom stereocenters. The molecule has 1 fully saturated rings. The van der Waals surface area contributed by atoms with Crippen molar-refractivity contribution >= 4 is 16.6 Å². The van der Waals surface area contributed by atoms with Crippen LogP contribution in [0.25, 0.3) is 22.2 Å². The highest BCUT2D eigenvalue weighted by atomic mass is 16.5. The number of methoxy groups -OCH3 is 1. The molecule has 2 aromatic carbocycles. The van der Waals surface area contributed by atoms with E-state index in [9.17, 15) is 5.26 Å². The van der Waals surface area contributed by atoms with Gasteiger partial charge in [-0.2, -0.15) is 5.26 Å². The minimum absolute atomic E-state index is 0.712. The average molecular weight is 331 g/mol. The lowest BCUT2D eigenvalue weighted by molar-refractivity contribution is 0.415. The number of rotatable bonds is 5. The second kappa shape index (κ2) is 6.18. The van der Waals surface area contributed by atoms with Gasteiger partial charge in [0, 0.05) is 30.7 Å². The molecule has 0 radical (unpaired) electrons. The van der Waals surface area contributed by atoms with Crippen molar-refractivity contribution in [3.63, 3.8) is 0 Å². The van der Waals surface area contributed by atoms with Crippen molar-refractivity contribution in [2.45, 2.75) is 19.4 Å². The van der Waals surface area contributed by atoms with Crippen LogP contribution in [0.15, 0.2) is 42.5 Å². The number of anilines is 1. The first-order valence-corrected chi connectivity index (χ1v) is 8.63. The van der Waals surface area contributed by atoms with Crippen LogP contribution in [-0.2, 0) is 6.54 Å². The van der Waals surface area contributed by atoms with Gasteiger partial charge >= 0.3 is 0 Å². The third kappa shape index (κ3) is 2.72. The van der Waals surface area contributed by atoms with Gasteiger partial charge in [0.2, 0.25) is 0 Å². The highest BCUT2D eigenvalue weighted by Gasteiger charge is 2.26. The second-order valence-electron chi connectivity index (χ2n) is 6.60. The van der Waals surface area contributed by atoms with Gasteiger partial charge in [-0.3, -0.25) is 0 Å². The summed E-state index contributed by atoms with van der Waals surface area (Å²) >= 11 is 0. The van der Waals surface area contributed by atoms with Crippen LogP contribution in [0.2, 0.25) is 0 Å². The fourth-order valence-electron chi connectivity index (χ4n) is 3.41. The van der Waals surface area contributed by atoms with Crippen LogP contribution in [0.4, 0.5) is 5.69 Å². The van der Waals surface area contributed by atoms with Crippen LogP contribution in [0.1, 0.15) is 18.4 Å². The van der Waals surface area contributed by atoms with E-state index in [1.165, 1.54) is 12.8 Å². The molecule has 0 bridgehead atoms. The first-order chi connectivity index (χ1) is 12.2. The molecule has 4 rings (SSSR count). The highest BCUT2D eigenvalue weighted by Crippen LogP contribution is 2.39. The van der Waals surface area contributed by atoms with Gasteiger partial charge in [0.05, 0.1) is 23.9 Å². The van der Waals surface area contributed by atoms with Crippen LogP contribution < -0.4 is 10.1 Å². The molecule has 0 spiro atoms. The first kappa shape index (κ1) is 15.6. The van der Waals surface area contributed by atoms with Crippen molar-refractivity contribution in [2.75, 3.05) is 19.5 Å². The number of nitrogens with one attached hydrogen (secondary N) is 1. The zero-order valence-corrected chi connectivity index (χ0v) is 14.5. The normalized spacial score (nSPS) is 13.6. The van der Waals surface area contributed by atoms with E-state index in [1.54, 1.807) is 7.11 Å². The summed E-state index contributed by atoms with van der Waals surface area (Å²) in [5.41, 5.74) is 4.98. The van der Waals surface area contributed by atoms with Gasteiger partial charge in [-0.05, 0) is 48.6 Å². The fraction of sp³-hybridized carbons (Fsp3) is 0.286. The van der Waals surface area contributed by atoms with Gasteiger partial charge in [-0.25, -0.2) is 0 Å². The Morgan fingerprint density at radius 3 is 2.56 bits per heavy atom. The van der Waals surface area contributed by atoms with Crippen molar-refractivity contribution in [1.29, 1.82) is 5.26 Å². The summed E-state index contributed by atoms with van der Waals surface area (Å²) in [6.45, 7) is 0.953. The average Bonchev–Trinajstić information content (AvgIpc) is 3.43. The Balaban J connectivity index is 1.97. The number of nitriles is 1. The van der Waals surface area contributed by atoms with E-state index in [0.717, 1.165) is 45.7 Å². The van der Waals surface area contributed by atoms with Gasteiger partial charge in [-0.1, -0.05) is 12.1 Å². The van der Waals surface area contributed by atoms with Gasteiger partial charge in [-0.15, -0.1) is 0 Å². The predicted octanol–water partition coefficient (Wildman–Crippen LogP) is 4.64. The number of ether oxygens (including phenoxy) is 1. The molecular formula is C21H21N3O. The maximum atomic E-state index is 9.86. The number of aromatic nitrogens is 1. The third-order valence-electron chi connectivity index (χ3n) is 4.97. The molecule has 1 saturated carbocycles. The number of benzene rings is 2. The Bertz CT molecular complexity index is 959. The standard InChI is InChI=1S/C21H21N3O/c1-23-16-7-5-15(6-8-16)21-19(12-22)18-10-9-17(25-2)11-20(18)24(21)13-14-3-4-14/h5-11,14,23H,3-4,13H2,1-2H3. The quantitative estimate of drug-likeness (QED) is 0.741. The molecule has 4 nitrogen and oxygen atoms in total. The second-order valence-corrected chi connectivity index (χ2v) is 6.60. The van der Waals surface area contributed by atoms with Gasteiger partial charge in [0.1, 0.15) is 11.8 Å². The van der Waals surface area contributed by atoms with Gasteiger partial charge in [0.15, 0.2) is 0 Å². The van der Waals surface area contributed by atoms with E-state index in [4.69, 9.17) is 4.74 Å². The molecule has 1 aliphatic carbocycles. The fourth-order valence-corrected chi connectivity index (χ4v) is 3.41. The number of hydrogen-bond acceptors (Lipinski definition) is 3. The Morgan fingerprint density at radius 2 is 1.96 bits per heavy atom. The topological polar surface area (TPSA) is 50.0 Å². The van der Waals surface area contributed by atoms with Crippen molar-refractivity contribution in [3.05, 3.63) is 48.0 Å². The Morgan fingerprint density at radius 1 is 1.20 bits per heavy atom. The maximum Gasteiger partial charge on any atom is 0.120 e. The number of hydrogen-bond donors (Lipinski definition) is 1. The summed E-state index contributed by atoms with van der Waals surface area (Å²) in [4.78, 5) is 0. The van der Waals surface area contributed by atoms with Crippen LogP contribution >= 0.6 is 0 Å². The van der Waals surface area contributed by atoms with Gasteiger partial charge < -0.3 is 14.6 Å². The molecule has 1 N–H and O–H groups in total. The highest BCUT2D eigenvalue weighted by molar-refractivity contribution is 5.95. The molecule has 0 saturated heterocycles. The zero-order chi connectivity index (χ0) is 17.4. The first-order valence-electron chi connectivity index (χ1n) is 8.63. The van der Waals surface area contributed by atoms with E-state index in [1.807, 2.05) is 25.2 Å². The lowest BCUT2D eigenvalue weighted by Crippen LogP contribution is -2.02. The number of nitrogens with zero attached hydrogens (tertiary/aromatic N) is 2. The lowest BCUT2D eigenvalue weighted by atomic mass is 10.1. The molecule has 4 heteroatoms. The number of fused-ring (bicyclic) bond motifs is 1. The SMILES string of the molecule is CNc1ccc(-c2c(C#N)c3ccc(OC)cc3n2CC2CC2)cc1. The van der Waals surface area contributed by atoms with Crippen LogP contribution in [0.3, 0.4) is 0 Å². The molecule has 1 heterocycles. The molecule has 1 aliphatic rings. The van der Waals surface area contributed by atoms with Crippen LogP contribution in [0, 0.1) is 17.2 Å². The van der Waals surface area contributed by atoms with E-state index in [0.29, 0.717) is 5.92 Å². The molecule has 0 amide bonds. The zero-order valence-electron chi connectivity index (χ0n) is 14.5. The summed E-state index contributed by atoms with van der Waals surface area (Å²) in [7, 11) is 3.59. The van der Waals surface area contributed by atoms with E-state index in [-0.39, 0.29) is 0 Å². The minimum atomic E-state index is 0.712. The van der Waals surface area contributed by atoms with Crippen molar-refractivity contribution in [2.24, 2.45) is 5.92 Å². The Kier molecular flexibility index (Phi) is 3.85. The van der Waals surface area contributed by atoms with Crippen molar-refractivity contribution in [1.82, 2.24) is 4.57 Å². The largest absolute Gasteiger partial charge is 0.497 e. The lowest BCUT2D eigenvalue weighted by Gasteiger charge is -2.12. The summed E-state index contributed by atoms with van der Waals surface area (Å²) < 4.78 is 7.72.